The van der Waals surface area contributed by atoms with Crippen molar-refractivity contribution in [3.05, 3.63) is 52.6 Å². The lowest BCUT2D eigenvalue weighted by molar-refractivity contribution is -0.137. The third-order valence-corrected chi connectivity index (χ3v) is 4.68. The first kappa shape index (κ1) is 27.0. The van der Waals surface area contributed by atoms with Gasteiger partial charge in [-0.3, -0.25) is 4.79 Å². The van der Waals surface area contributed by atoms with Gasteiger partial charge in [0.2, 0.25) is 5.91 Å². The third-order valence-electron chi connectivity index (χ3n) is 4.33. The Kier molecular flexibility index (Phi) is 10.1. The summed E-state index contributed by atoms with van der Waals surface area (Å²) in [6.45, 7) is 0.321. The van der Waals surface area contributed by atoms with Crippen LogP contribution in [-0.2, 0) is 31.1 Å². The maximum Gasteiger partial charge on any atom is 0.416 e. The fourth-order valence-electron chi connectivity index (χ4n) is 2.49. The molecule has 1 amide bonds. The Hall–Kier alpha value is -2.02. The highest BCUT2D eigenvalue weighted by Crippen LogP contribution is 2.29. The molecule has 1 aromatic heterocycles. The van der Waals surface area contributed by atoms with Gasteiger partial charge in [-0.2, -0.15) is 13.2 Å². The van der Waals surface area contributed by atoms with E-state index in [4.69, 9.17) is 11.6 Å². The molecule has 0 radical (unpaired) electrons. The zero-order chi connectivity index (χ0) is 22.5. The van der Waals surface area contributed by atoms with Gasteiger partial charge in [0, 0.05) is 28.2 Å². The highest BCUT2D eigenvalue weighted by molar-refractivity contribution is 14.0. The molecule has 0 aliphatic rings. The van der Waals surface area contributed by atoms with Gasteiger partial charge in [-0.1, -0.05) is 23.7 Å². The first-order valence-electron chi connectivity index (χ1n) is 9.01. The molecule has 0 bridgehead atoms. The number of aromatic nitrogens is 2. The topological polar surface area (TPSA) is 65.8 Å². The van der Waals surface area contributed by atoms with Crippen molar-refractivity contribution < 1.29 is 18.0 Å². The van der Waals surface area contributed by atoms with Crippen LogP contribution in [0.5, 0.6) is 0 Å². The smallest absolute Gasteiger partial charge is 0.347 e. The minimum Gasteiger partial charge on any atom is -0.347 e. The minimum atomic E-state index is -4.42. The molecular weight excluding hydrogens is 548 g/mol. The second kappa shape index (κ2) is 11.6. The van der Waals surface area contributed by atoms with E-state index in [-0.39, 0.29) is 43.0 Å². The fraction of sp³-hybridized carbons (Fsp3) is 0.421. The van der Waals surface area contributed by atoms with E-state index < -0.39 is 11.7 Å². The SMILES string of the molecule is CN(C)C(=O)CNC(=NCc1cccc(C(F)(F)F)c1)N(C)Cc1ncc(Cl)n1C.I. The number of nitrogens with one attached hydrogen (secondary N) is 1. The number of alkyl halides is 3. The Bertz CT molecular complexity index is 916. The van der Waals surface area contributed by atoms with Crippen LogP contribution in [0.2, 0.25) is 5.15 Å². The molecular formula is C19H25ClF3IN6O. The van der Waals surface area contributed by atoms with E-state index in [9.17, 15) is 18.0 Å². The Morgan fingerprint density at radius 2 is 1.97 bits per heavy atom. The third kappa shape index (κ3) is 7.87. The maximum atomic E-state index is 12.9. The minimum absolute atomic E-state index is 0. The highest BCUT2D eigenvalue weighted by atomic mass is 127. The number of amides is 1. The van der Waals surface area contributed by atoms with Crippen LogP contribution in [0.1, 0.15) is 17.0 Å². The Balaban J connectivity index is 0.00000480. The monoisotopic (exact) mass is 572 g/mol. The van der Waals surface area contributed by atoms with E-state index in [0.717, 1.165) is 12.1 Å². The number of halogens is 5. The number of likely N-dealkylation sites (N-methyl/N-ethyl adjacent to an activating group) is 1. The van der Waals surface area contributed by atoms with Crippen molar-refractivity contribution >= 4 is 47.4 Å². The number of nitrogens with zero attached hydrogens (tertiary/aromatic N) is 5. The first-order valence-corrected chi connectivity index (χ1v) is 9.38. The number of hydrogen-bond acceptors (Lipinski definition) is 3. The van der Waals surface area contributed by atoms with Gasteiger partial charge in [0.05, 0.1) is 31.4 Å². The number of aliphatic imine (C=N–C) groups is 1. The number of carbonyl (C=O) groups excluding carboxylic acids is 1. The van der Waals surface area contributed by atoms with Crippen LogP contribution in [0.3, 0.4) is 0 Å². The Morgan fingerprint density at radius 3 is 2.52 bits per heavy atom. The molecule has 172 valence electrons. The van der Waals surface area contributed by atoms with Crippen molar-refractivity contribution in [3.63, 3.8) is 0 Å². The predicted octanol–water partition coefficient (Wildman–Crippen LogP) is 3.38. The molecule has 0 aliphatic heterocycles. The van der Waals surface area contributed by atoms with Gasteiger partial charge in [0.25, 0.3) is 0 Å². The summed E-state index contributed by atoms with van der Waals surface area (Å²) in [5, 5.41) is 3.42. The standard InChI is InChI=1S/C19H24ClF3N6O.HI/c1-27(2)17(30)11-26-18(28(3)12-16-24-10-15(20)29(16)4)25-9-13-6-5-7-14(8-13)19(21,22)23;/h5-8,10H,9,11-12H2,1-4H3,(H,25,26);1H. The summed E-state index contributed by atoms with van der Waals surface area (Å²) >= 11 is 6.02. The highest BCUT2D eigenvalue weighted by Gasteiger charge is 2.30. The summed E-state index contributed by atoms with van der Waals surface area (Å²) < 4.78 is 40.5. The molecule has 0 atom stereocenters. The quantitative estimate of drug-likeness (QED) is 0.328. The van der Waals surface area contributed by atoms with E-state index in [2.05, 4.69) is 15.3 Å². The van der Waals surface area contributed by atoms with Crippen LogP contribution >= 0.6 is 35.6 Å². The summed E-state index contributed by atoms with van der Waals surface area (Å²) in [5.41, 5.74) is -0.333. The molecule has 0 aliphatic carbocycles. The average Bonchev–Trinajstić information content (AvgIpc) is 2.99. The number of benzene rings is 1. The lowest BCUT2D eigenvalue weighted by Gasteiger charge is -2.23. The molecule has 2 rings (SSSR count). The molecule has 0 spiro atoms. The largest absolute Gasteiger partial charge is 0.416 e. The van der Waals surface area contributed by atoms with Gasteiger partial charge < -0.3 is 19.7 Å². The lowest BCUT2D eigenvalue weighted by atomic mass is 10.1. The molecule has 1 heterocycles. The van der Waals surface area contributed by atoms with Gasteiger partial charge in [-0.15, -0.1) is 24.0 Å². The number of guanidine groups is 1. The second-order valence-electron chi connectivity index (χ2n) is 6.89. The molecule has 12 heteroatoms. The normalized spacial score (nSPS) is 11.7. The maximum absolute atomic E-state index is 12.9. The number of carbonyl (C=O) groups is 1. The van der Waals surface area contributed by atoms with Gasteiger partial charge in [-0.05, 0) is 17.7 Å². The van der Waals surface area contributed by atoms with Gasteiger partial charge in [-0.25, -0.2) is 9.98 Å². The predicted molar refractivity (Wildman–Crippen MR) is 124 cm³/mol. The van der Waals surface area contributed by atoms with E-state index in [1.54, 1.807) is 43.7 Å². The van der Waals surface area contributed by atoms with Gasteiger partial charge >= 0.3 is 6.18 Å². The van der Waals surface area contributed by atoms with Crippen LogP contribution in [0.4, 0.5) is 13.2 Å². The summed E-state index contributed by atoms with van der Waals surface area (Å²) in [6, 6.07) is 4.99. The summed E-state index contributed by atoms with van der Waals surface area (Å²) in [4.78, 5) is 23.7. The number of hydrogen-bond donors (Lipinski definition) is 1. The van der Waals surface area contributed by atoms with Crippen LogP contribution < -0.4 is 5.32 Å². The fourth-order valence-corrected chi connectivity index (χ4v) is 2.64. The van der Waals surface area contributed by atoms with Crippen molar-refractivity contribution in [2.24, 2.45) is 12.0 Å². The molecule has 1 N–H and O–H groups in total. The van der Waals surface area contributed by atoms with Crippen LogP contribution in [-0.4, -0.2) is 58.9 Å². The molecule has 0 saturated carbocycles. The Labute approximate surface area is 201 Å². The molecule has 2 aromatic rings. The van der Waals surface area contributed by atoms with Crippen molar-refractivity contribution in [2.45, 2.75) is 19.3 Å². The zero-order valence-corrected chi connectivity index (χ0v) is 20.7. The van der Waals surface area contributed by atoms with Crippen LogP contribution in [0.25, 0.3) is 0 Å². The average molecular weight is 573 g/mol. The molecule has 0 saturated heterocycles. The van der Waals surface area contributed by atoms with Crippen LogP contribution in [0, 0.1) is 0 Å². The van der Waals surface area contributed by atoms with Crippen molar-refractivity contribution in [1.82, 2.24) is 24.7 Å². The molecule has 0 unspecified atom stereocenters. The van der Waals surface area contributed by atoms with Gasteiger partial charge in [0.1, 0.15) is 11.0 Å². The summed E-state index contributed by atoms with van der Waals surface area (Å²) in [6.07, 6.45) is -2.90. The summed E-state index contributed by atoms with van der Waals surface area (Å²) in [5.74, 6) is 0.840. The van der Waals surface area contributed by atoms with E-state index in [1.165, 1.54) is 17.2 Å². The summed E-state index contributed by atoms with van der Waals surface area (Å²) in [7, 11) is 6.76. The number of imidazole rings is 1. The molecule has 0 fully saturated rings. The van der Waals surface area contributed by atoms with Gasteiger partial charge in [0.15, 0.2) is 5.96 Å². The Morgan fingerprint density at radius 1 is 1.29 bits per heavy atom. The van der Waals surface area contributed by atoms with E-state index in [0.29, 0.717) is 29.0 Å². The first-order chi connectivity index (χ1) is 14.0. The zero-order valence-electron chi connectivity index (χ0n) is 17.6. The molecule has 31 heavy (non-hydrogen) atoms. The van der Waals surface area contributed by atoms with Crippen LogP contribution in [0.15, 0.2) is 35.5 Å². The second-order valence-corrected chi connectivity index (χ2v) is 7.28. The van der Waals surface area contributed by atoms with E-state index >= 15 is 0 Å². The van der Waals surface area contributed by atoms with Crippen molar-refractivity contribution in [1.29, 1.82) is 0 Å². The molecule has 7 nitrogen and oxygen atoms in total. The van der Waals surface area contributed by atoms with Crippen molar-refractivity contribution in [3.8, 4) is 0 Å². The number of rotatable bonds is 6. The van der Waals surface area contributed by atoms with Crippen molar-refractivity contribution in [2.75, 3.05) is 27.7 Å². The van der Waals surface area contributed by atoms with E-state index in [1.807, 2.05) is 0 Å². The lowest BCUT2D eigenvalue weighted by Crippen LogP contribution is -2.43. The molecule has 1 aromatic carbocycles.